The maximum atomic E-state index is 12.1. The molecule has 6 nitrogen and oxygen atoms in total. The fraction of sp³-hybridized carbons (Fsp3) is 0.714. The van der Waals surface area contributed by atoms with Crippen LogP contribution in [0.3, 0.4) is 0 Å². The zero-order chi connectivity index (χ0) is 14.8. The van der Waals surface area contributed by atoms with Gasteiger partial charge < -0.3 is 14.7 Å². The van der Waals surface area contributed by atoms with Crippen LogP contribution in [0.5, 0.6) is 0 Å². The molecule has 1 amide bonds. The van der Waals surface area contributed by atoms with Crippen LogP contribution in [-0.4, -0.2) is 50.7 Å². The first-order valence-electron chi connectivity index (χ1n) is 7.00. The van der Waals surface area contributed by atoms with Crippen LogP contribution >= 0.6 is 0 Å². The molecule has 0 unspecified atom stereocenters. The standard InChI is InChI=1S/C14H23N3O3/c1-14(2,3)20-13(19)16-8-5-11(9-12(16)10-18)17-7-4-6-15-17/h4,6-7,11-12,18H,5,8-10H2,1-3H3/t11-,12+/m0/s1. The van der Waals surface area contributed by atoms with Crippen molar-refractivity contribution in [1.29, 1.82) is 0 Å². The van der Waals surface area contributed by atoms with Crippen molar-refractivity contribution in [2.75, 3.05) is 13.2 Å². The number of carbonyl (C=O) groups is 1. The second-order valence-corrected chi connectivity index (χ2v) is 6.17. The Morgan fingerprint density at radius 1 is 1.50 bits per heavy atom. The lowest BCUT2D eigenvalue weighted by Gasteiger charge is -2.39. The molecular formula is C14H23N3O3. The second kappa shape index (κ2) is 5.83. The molecule has 0 aliphatic carbocycles. The average Bonchev–Trinajstić information content (AvgIpc) is 2.89. The van der Waals surface area contributed by atoms with Gasteiger partial charge in [0, 0.05) is 18.9 Å². The van der Waals surface area contributed by atoms with Gasteiger partial charge >= 0.3 is 6.09 Å². The Kier molecular flexibility index (Phi) is 4.32. The molecule has 6 heteroatoms. The van der Waals surface area contributed by atoms with Crippen LogP contribution in [0.25, 0.3) is 0 Å². The van der Waals surface area contributed by atoms with Crippen molar-refractivity contribution >= 4 is 6.09 Å². The minimum atomic E-state index is -0.518. The van der Waals surface area contributed by atoms with Gasteiger partial charge in [-0.25, -0.2) is 4.79 Å². The highest BCUT2D eigenvalue weighted by atomic mass is 16.6. The summed E-state index contributed by atoms with van der Waals surface area (Å²) >= 11 is 0. The van der Waals surface area contributed by atoms with Gasteiger partial charge in [-0.1, -0.05) is 0 Å². The van der Waals surface area contributed by atoms with Crippen molar-refractivity contribution in [3.8, 4) is 0 Å². The van der Waals surface area contributed by atoms with Crippen LogP contribution in [0.2, 0.25) is 0 Å². The summed E-state index contributed by atoms with van der Waals surface area (Å²) in [4.78, 5) is 13.8. The Labute approximate surface area is 119 Å². The third kappa shape index (κ3) is 3.50. The number of amides is 1. The van der Waals surface area contributed by atoms with Crippen molar-refractivity contribution in [3.63, 3.8) is 0 Å². The molecule has 112 valence electrons. The number of nitrogens with zero attached hydrogens (tertiary/aromatic N) is 3. The smallest absolute Gasteiger partial charge is 0.410 e. The second-order valence-electron chi connectivity index (χ2n) is 6.17. The number of carbonyl (C=O) groups excluding carboxylic acids is 1. The number of rotatable bonds is 2. The van der Waals surface area contributed by atoms with E-state index < -0.39 is 5.60 Å². The van der Waals surface area contributed by atoms with Gasteiger partial charge in [0.1, 0.15) is 5.60 Å². The van der Waals surface area contributed by atoms with Gasteiger partial charge in [0.15, 0.2) is 0 Å². The van der Waals surface area contributed by atoms with Gasteiger partial charge in [-0.15, -0.1) is 0 Å². The largest absolute Gasteiger partial charge is 0.444 e. The van der Waals surface area contributed by atoms with Crippen molar-refractivity contribution in [1.82, 2.24) is 14.7 Å². The van der Waals surface area contributed by atoms with E-state index in [1.165, 1.54) is 0 Å². The molecule has 0 spiro atoms. The van der Waals surface area contributed by atoms with Crippen molar-refractivity contribution in [2.45, 2.75) is 51.3 Å². The van der Waals surface area contributed by atoms with Crippen molar-refractivity contribution in [3.05, 3.63) is 18.5 Å². The fourth-order valence-corrected chi connectivity index (χ4v) is 2.50. The molecule has 1 aliphatic heterocycles. The van der Waals surface area contributed by atoms with E-state index in [1.54, 1.807) is 11.1 Å². The SMILES string of the molecule is CC(C)(C)OC(=O)N1CC[C@H](n2cccn2)C[C@@H]1CO. The average molecular weight is 281 g/mol. The Morgan fingerprint density at radius 2 is 2.25 bits per heavy atom. The minimum absolute atomic E-state index is 0.0585. The number of aliphatic hydroxyl groups excluding tert-OH is 1. The lowest BCUT2D eigenvalue weighted by molar-refractivity contribution is -0.00439. The van der Waals surface area contributed by atoms with Gasteiger partial charge in [-0.3, -0.25) is 4.68 Å². The lowest BCUT2D eigenvalue weighted by Crippen LogP contribution is -2.50. The van der Waals surface area contributed by atoms with Crippen molar-refractivity contribution in [2.24, 2.45) is 0 Å². The molecule has 2 atom stereocenters. The number of hydrogen-bond donors (Lipinski definition) is 1. The third-order valence-corrected chi connectivity index (χ3v) is 3.43. The van der Waals surface area contributed by atoms with Gasteiger partial charge in [-0.05, 0) is 39.7 Å². The summed E-state index contributed by atoms with van der Waals surface area (Å²) in [5, 5.41) is 13.8. The van der Waals surface area contributed by atoms with E-state index in [2.05, 4.69) is 5.10 Å². The monoisotopic (exact) mass is 281 g/mol. The van der Waals surface area contributed by atoms with Crippen LogP contribution in [0, 0.1) is 0 Å². The molecule has 0 saturated carbocycles. The Bertz CT molecular complexity index is 439. The fourth-order valence-electron chi connectivity index (χ4n) is 2.50. The Balaban J connectivity index is 2.01. The first kappa shape index (κ1) is 14.8. The topological polar surface area (TPSA) is 67.6 Å². The van der Waals surface area contributed by atoms with Crippen molar-refractivity contribution < 1.29 is 14.6 Å². The molecule has 0 bridgehead atoms. The van der Waals surface area contributed by atoms with E-state index in [1.807, 2.05) is 37.7 Å². The van der Waals surface area contributed by atoms with Gasteiger partial charge in [0.25, 0.3) is 0 Å². The van der Waals surface area contributed by atoms with Gasteiger partial charge in [0.05, 0.1) is 18.7 Å². The van der Waals surface area contributed by atoms with E-state index >= 15 is 0 Å². The number of likely N-dealkylation sites (tertiary alicyclic amines) is 1. The summed E-state index contributed by atoms with van der Waals surface area (Å²) in [5.74, 6) is 0. The Hall–Kier alpha value is -1.56. The molecule has 1 N–H and O–H groups in total. The molecule has 0 radical (unpaired) electrons. The number of aliphatic hydroxyl groups is 1. The zero-order valence-corrected chi connectivity index (χ0v) is 12.3. The molecule has 0 aromatic carbocycles. The van der Waals surface area contributed by atoms with Gasteiger partial charge in [-0.2, -0.15) is 5.10 Å². The summed E-state index contributed by atoms with van der Waals surface area (Å²) < 4.78 is 7.29. The Morgan fingerprint density at radius 3 is 2.80 bits per heavy atom. The first-order valence-corrected chi connectivity index (χ1v) is 7.00. The van der Waals surface area contributed by atoms with Crippen LogP contribution in [0.1, 0.15) is 39.7 Å². The summed E-state index contributed by atoms with van der Waals surface area (Å²) in [6.45, 7) is 6.04. The summed E-state index contributed by atoms with van der Waals surface area (Å²) in [6, 6.07) is 1.89. The van der Waals surface area contributed by atoms with E-state index in [0.717, 1.165) is 6.42 Å². The number of aromatic nitrogens is 2. The molecule has 20 heavy (non-hydrogen) atoms. The normalized spacial score (nSPS) is 23.7. The highest BCUT2D eigenvalue weighted by Crippen LogP contribution is 2.27. The van der Waals surface area contributed by atoms with Crippen LogP contribution in [0.15, 0.2) is 18.5 Å². The number of piperidine rings is 1. The minimum Gasteiger partial charge on any atom is -0.444 e. The molecule has 2 heterocycles. The number of hydrogen-bond acceptors (Lipinski definition) is 4. The molecule has 1 aromatic heterocycles. The van der Waals surface area contributed by atoms with E-state index in [0.29, 0.717) is 13.0 Å². The van der Waals surface area contributed by atoms with Crippen LogP contribution in [-0.2, 0) is 4.74 Å². The zero-order valence-electron chi connectivity index (χ0n) is 12.3. The quantitative estimate of drug-likeness (QED) is 0.898. The summed E-state index contributed by atoms with van der Waals surface area (Å²) in [6.07, 6.45) is 4.82. The molecule has 1 fully saturated rings. The van der Waals surface area contributed by atoms with Crippen LogP contribution < -0.4 is 0 Å². The lowest BCUT2D eigenvalue weighted by atomic mass is 9.98. The van der Waals surface area contributed by atoms with Gasteiger partial charge in [0.2, 0.25) is 0 Å². The maximum Gasteiger partial charge on any atom is 0.410 e. The maximum absolute atomic E-state index is 12.1. The summed E-state index contributed by atoms with van der Waals surface area (Å²) in [7, 11) is 0. The molecule has 1 aromatic rings. The van der Waals surface area contributed by atoms with E-state index in [-0.39, 0.29) is 24.8 Å². The molecule has 1 saturated heterocycles. The molecular weight excluding hydrogens is 258 g/mol. The molecule has 2 rings (SSSR count). The van der Waals surface area contributed by atoms with E-state index in [9.17, 15) is 9.90 Å². The number of ether oxygens (including phenoxy) is 1. The predicted octanol–water partition coefficient (Wildman–Crippen LogP) is 1.82. The highest BCUT2D eigenvalue weighted by molar-refractivity contribution is 5.68. The van der Waals surface area contributed by atoms with E-state index in [4.69, 9.17) is 4.74 Å². The third-order valence-electron chi connectivity index (χ3n) is 3.43. The predicted molar refractivity (Wildman–Crippen MR) is 74.3 cm³/mol. The molecule has 1 aliphatic rings. The summed E-state index contributed by atoms with van der Waals surface area (Å²) in [5.41, 5.74) is -0.518. The highest BCUT2D eigenvalue weighted by Gasteiger charge is 2.34. The first-order chi connectivity index (χ1) is 9.40. The van der Waals surface area contributed by atoms with Crippen LogP contribution in [0.4, 0.5) is 4.79 Å².